The summed E-state index contributed by atoms with van der Waals surface area (Å²) < 4.78 is 1.83. The number of thioether (sulfide) groups is 1. The van der Waals surface area contributed by atoms with Gasteiger partial charge in [-0.3, -0.25) is 4.79 Å². The molecule has 0 saturated carbocycles. The summed E-state index contributed by atoms with van der Waals surface area (Å²) in [5.41, 5.74) is 1.72. The van der Waals surface area contributed by atoms with Crippen molar-refractivity contribution < 1.29 is 4.79 Å². The van der Waals surface area contributed by atoms with E-state index in [0.29, 0.717) is 22.5 Å². The summed E-state index contributed by atoms with van der Waals surface area (Å²) in [4.78, 5) is 17.6. The fourth-order valence-corrected chi connectivity index (χ4v) is 4.26. The summed E-state index contributed by atoms with van der Waals surface area (Å²) in [6, 6.07) is 7.41. The van der Waals surface area contributed by atoms with Gasteiger partial charge in [0, 0.05) is 17.1 Å². The number of allylic oxidation sites excluding steroid dienone is 2. The Hall–Kier alpha value is -1.79. The Kier molecular flexibility index (Phi) is 3.92. The van der Waals surface area contributed by atoms with Gasteiger partial charge in [-0.25, -0.2) is 4.68 Å². The second-order valence-electron chi connectivity index (χ2n) is 7.20. The summed E-state index contributed by atoms with van der Waals surface area (Å²) >= 11 is 7.70. The van der Waals surface area contributed by atoms with E-state index in [1.54, 1.807) is 0 Å². The van der Waals surface area contributed by atoms with Crippen molar-refractivity contribution in [2.45, 2.75) is 31.5 Å². The lowest BCUT2D eigenvalue weighted by atomic mass is 9.72. The predicted octanol–water partition coefficient (Wildman–Crippen LogP) is 4.17. The fourth-order valence-electron chi connectivity index (χ4n) is 3.72. The first-order valence-electron chi connectivity index (χ1n) is 8.16. The van der Waals surface area contributed by atoms with E-state index in [9.17, 15) is 4.79 Å². The molecule has 0 bridgehead atoms. The highest BCUT2D eigenvalue weighted by molar-refractivity contribution is 7.98. The Bertz CT molecular complexity index is 889. The van der Waals surface area contributed by atoms with Crippen LogP contribution < -0.4 is 5.32 Å². The van der Waals surface area contributed by atoms with Crippen molar-refractivity contribution in [3.63, 3.8) is 0 Å². The minimum absolute atomic E-state index is 0.167. The molecule has 1 aliphatic carbocycles. The number of carbonyl (C=O) groups excluding carboxylic acids is 1. The van der Waals surface area contributed by atoms with Gasteiger partial charge in [-0.05, 0) is 29.4 Å². The molecule has 1 aromatic heterocycles. The van der Waals surface area contributed by atoms with Crippen LogP contribution in [0, 0.1) is 11.3 Å². The Balaban J connectivity index is 1.92. The second kappa shape index (κ2) is 5.88. The van der Waals surface area contributed by atoms with Crippen molar-refractivity contribution >= 4 is 35.1 Å². The van der Waals surface area contributed by atoms with Gasteiger partial charge >= 0.3 is 0 Å². The zero-order valence-electron chi connectivity index (χ0n) is 14.3. The Morgan fingerprint density at radius 2 is 2.20 bits per heavy atom. The third-order valence-corrected chi connectivity index (χ3v) is 5.45. The zero-order chi connectivity index (χ0) is 17.8. The van der Waals surface area contributed by atoms with Crippen LogP contribution in [0.15, 0.2) is 41.2 Å². The molecule has 0 spiro atoms. The first kappa shape index (κ1) is 16.7. The molecule has 7 heteroatoms. The van der Waals surface area contributed by atoms with E-state index in [4.69, 9.17) is 11.6 Å². The average Bonchev–Trinajstić information content (AvgIpc) is 2.94. The van der Waals surface area contributed by atoms with Crippen molar-refractivity contribution in [3.8, 4) is 0 Å². The summed E-state index contributed by atoms with van der Waals surface area (Å²) in [6.45, 7) is 4.16. The molecular weight excluding hydrogens is 356 g/mol. The standard InChI is InChI=1S/C18H19ClN4OS/c1-18(2)8-12-14(13(24)9-18)15(10-5-4-6-11(19)7-10)23-16(20-12)21-17(22-23)25-3/h4-8,14-15H,9H2,1-3H3,(H,20,21,22)/t14-,15-/m0/s1. The monoisotopic (exact) mass is 374 g/mol. The minimum atomic E-state index is -0.296. The number of anilines is 1. The summed E-state index contributed by atoms with van der Waals surface area (Å²) in [7, 11) is 0. The van der Waals surface area contributed by atoms with E-state index in [1.807, 2.05) is 35.2 Å². The van der Waals surface area contributed by atoms with Crippen LogP contribution in [-0.2, 0) is 4.79 Å². The maximum absolute atomic E-state index is 13.0. The molecule has 0 amide bonds. The largest absolute Gasteiger partial charge is 0.328 e. The lowest BCUT2D eigenvalue weighted by Gasteiger charge is -2.40. The highest BCUT2D eigenvalue weighted by atomic mass is 35.5. The number of nitrogens with zero attached hydrogens (tertiary/aromatic N) is 3. The molecule has 1 N–H and O–H groups in total. The molecule has 4 rings (SSSR count). The predicted molar refractivity (Wildman–Crippen MR) is 100.0 cm³/mol. The number of Topliss-reactive ketones (excluding diaryl/α,β-unsaturated/α-hetero) is 1. The van der Waals surface area contributed by atoms with Crippen LogP contribution in [0.2, 0.25) is 5.02 Å². The smallest absolute Gasteiger partial charge is 0.227 e. The number of rotatable bonds is 2. The van der Waals surface area contributed by atoms with Crippen molar-refractivity contribution in [2.75, 3.05) is 11.6 Å². The third kappa shape index (κ3) is 2.87. The molecule has 5 nitrogen and oxygen atoms in total. The van der Waals surface area contributed by atoms with Crippen LogP contribution in [0.4, 0.5) is 5.95 Å². The van der Waals surface area contributed by atoms with Gasteiger partial charge in [0.05, 0.1) is 12.0 Å². The Labute approximate surface area is 155 Å². The number of hydrogen-bond acceptors (Lipinski definition) is 5. The molecule has 1 aliphatic heterocycles. The maximum atomic E-state index is 13.0. The van der Waals surface area contributed by atoms with Crippen molar-refractivity contribution in [1.29, 1.82) is 0 Å². The molecule has 130 valence electrons. The van der Waals surface area contributed by atoms with Crippen molar-refractivity contribution in [3.05, 3.63) is 46.6 Å². The maximum Gasteiger partial charge on any atom is 0.227 e. The van der Waals surface area contributed by atoms with Crippen LogP contribution in [-0.4, -0.2) is 26.8 Å². The first-order valence-corrected chi connectivity index (χ1v) is 9.77. The number of nitrogens with one attached hydrogen (secondary N) is 1. The molecule has 2 aromatic rings. The molecule has 0 fully saturated rings. The number of ketones is 1. The van der Waals surface area contributed by atoms with Crippen LogP contribution >= 0.6 is 23.4 Å². The van der Waals surface area contributed by atoms with Crippen LogP contribution in [0.25, 0.3) is 0 Å². The molecule has 0 unspecified atom stereocenters. The zero-order valence-corrected chi connectivity index (χ0v) is 15.9. The molecule has 25 heavy (non-hydrogen) atoms. The highest BCUT2D eigenvalue weighted by Gasteiger charge is 2.45. The average molecular weight is 375 g/mol. The number of aromatic nitrogens is 3. The van der Waals surface area contributed by atoms with Gasteiger partial charge in [0.25, 0.3) is 0 Å². The van der Waals surface area contributed by atoms with E-state index in [2.05, 4.69) is 35.3 Å². The van der Waals surface area contributed by atoms with Gasteiger partial charge in [-0.15, -0.1) is 5.10 Å². The normalized spacial score (nSPS) is 24.2. The quantitative estimate of drug-likeness (QED) is 0.799. The highest BCUT2D eigenvalue weighted by Crippen LogP contribution is 2.45. The number of fused-ring (bicyclic) bond motifs is 2. The number of halogens is 1. The van der Waals surface area contributed by atoms with Gasteiger partial charge in [-0.1, -0.05) is 55.4 Å². The summed E-state index contributed by atoms with van der Waals surface area (Å²) in [5.74, 6) is 0.588. The molecule has 1 aromatic carbocycles. The number of carbonyl (C=O) groups is 1. The van der Waals surface area contributed by atoms with Crippen molar-refractivity contribution in [2.24, 2.45) is 11.3 Å². The SMILES string of the molecule is CSc1nc2n(n1)[C@@H](c1cccc(Cl)c1)[C@@H]1C(=O)CC(C)(C)C=C1N2. The topological polar surface area (TPSA) is 59.8 Å². The van der Waals surface area contributed by atoms with Gasteiger partial charge in [-0.2, -0.15) is 4.98 Å². The fraction of sp³-hybridized carbons (Fsp3) is 0.389. The summed E-state index contributed by atoms with van der Waals surface area (Å²) in [5, 5.41) is 9.27. The van der Waals surface area contributed by atoms with Crippen LogP contribution in [0.1, 0.15) is 31.9 Å². The molecule has 2 heterocycles. The molecule has 2 aliphatic rings. The number of hydrogen-bond donors (Lipinski definition) is 1. The van der Waals surface area contributed by atoms with Crippen LogP contribution in [0.3, 0.4) is 0 Å². The van der Waals surface area contributed by atoms with Gasteiger partial charge < -0.3 is 5.32 Å². The van der Waals surface area contributed by atoms with E-state index >= 15 is 0 Å². The van der Waals surface area contributed by atoms with Gasteiger partial charge in [0.1, 0.15) is 5.78 Å². The summed E-state index contributed by atoms with van der Waals surface area (Å²) in [6.07, 6.45) is 4.61. The molecule has 0 radical (unpaired) electrons. The van der Waals surface area contributed by atoms with Gasteiger partial charge in [0.2, 0.25) is 11.1 Å². The molecular formula is C18H19ClN4OS. The lowest BCUT2D eigenvalue weighted by molar-refractivity contribution is -0.125. The minimum Gasteiger partial charge on any atom is -0.328 e. The molecule has 0 saturated heterocycles. The Morgan fingerprint density at radius 3 is 2.92 bits per heavy atom. The van der Waals surface area contributed by atoms with E-state index < -0.39 is 0 Å². The Morgan fingerprint density at radius 1 is 1.40 bits per heavy atom. The van der Waals surface area contributed by atoms with E-state index in [0.717, 1.165) is 11.3 Å². The van der Waals surface area contributed by atoms with Gasteiger partial charge in [0.15, 0.2) is 0 Å². The number of benzene rings is 1. The van der Waals surface area contributed by atoms with E-state index in [-0.39, 0.29) is 23.2 Å². The van der Waals surface area contributed by atoms with Crippen LogP contribution in [0.5, 0.6) is 0 Å². The van der Waals surface area contributed by atoms with E-state index in [1.165, 1.54) is 11.8 Å². The molecule has 2 atom stereocenters. The lowest BCUT2D eigenvalue weighted by Crippen LogP contribution is -2.42. The second-order valence-corrected chi connectivity index (χ2v) is 8.41. The van der Waals surface area contributed by atoms with Crippen molar-refractivity contribution in [1.82, 2.24) is 14.8 Å². The first-order chi connectivity index (χ1) is 11.9. The third-order valence-electron chi connectivity index (χ3n) is 4.68.